The molecule has 6 nitrogen and oxygen atoms in total. The molecule has 1 aliphatic heterocycles. The highest BCUT2D eigenvalue weighted by Crippen LogP contribution is 2.47. The summed E-state index contributed by atoms with van der Waals surface area (Å²) in [4.78, 5) is 34.7. The lowest BCUT2D eigenvalue weighted by Gasteiger charge is -2.44. The zero-order chi connectivity index (χ0) is 22.9. The van der Waals surface area contributed by atoms with Crippen LogP contribution in [0.5, 0.6) is 0 Å². The minimum Gasteiger partial charge on any atom is -0.299 e. The third-order valence-electron chi connectivity index (χ3n) is 6.63. The number of aromatic nitrogens is 2. The van der Waals surface area contributed by atoms with Crippen molar-refractivity contribution in [1.82, 2.24) is 14.3 Å². The fourth-order valence-corrected chi connectivity index (χ4v) is 6.22. The highest BCUT2D eigenvalue weighted by Gasteiger charge is 2.48. The summed E-state index contributed by atoms with van der Waals surface area (Å²) in [5.74, 6) is 5.28. The van der Waals surface area contributed by atoms with Crippen LogP contribution in [0.3, 0.4) is 0 Å². The highest BCUT2D eigenvalue weighted by molar-refractivity contribution is 7.82. The van der Waals surface area contributed by atoms with Gasteiger partial charge in [-0.1, -0.05) is 5.92 Å². The molecule has 1 aromatic carbocycles. The average molecular weight is 450 g/mol. The van der Waals surface area contributed by atoms with E-state index in [1.54, 1.807) is 13.1 Å². The van der Waals surface area contributed by atoms with Gasteiger partial charge in [-0.25, -0.2) is 13.5 Å². The minimum absolute atomic E-state index is 0.00488. The third kappa shape index (κ3) is 4.30. The van der Waals surface area contributed by atoms with Gasteiger partial charge in [0.1, 0.15) is 28.5 Å². The zero-order valence-corrected chi connectivity index (χ0v) is 19.5. The van der Waals surface area contributed by atoms with Gasteiger partial charge in [0.25, 0.3) is 0 Å². The molecule has 0 amide bonds. The van der Waals surface area contributed by atoms with Crippen molar-refractivity contribution in [2.45, 2.75) is 57.4 Å². The SMILES string of the molecule is CC#Cc1cc(C)c(C2C(=O)CC3(CCN(S(=O)c4cnccn4)CC3)CC2=O)c(C)c1. The van der Waals surface area contributed by atoms with Crippen LogP contribution < -0.4 is 0 Å². The quantitative estimate of drug-likeness (QED) is 0.531. The molecule has 2 heterocycles. The number of Topliss-reactive ketones (excluding diaryl/α,β-unsaturated/α-hetero) is 2. The first-order valence-corrected chi connectivity index (χ1v) is 12.0. The Morgan fingerprint density at radius 2 is 1.69 bits per heavy atom. The molecule has 2 aliphatic rings. The fourth-order valence-electron chi connectivity index (χ4n) is 5.14. The van der Waals surface area contributed by atoms with Crippen LogP contribution in [0.1, 0.15) is 60.8 Å². The van der Waals surface area contributed by atoms with Gasteiger partial charge in [-0.05, 0) is 67.9 Å². The average Bonchev–Trinajstić information content (AvgIpc) is 2.76. The van der Waals surface area contributed by atoms with Crippen LogP contribution >= 0.6 is 0 Å². The first-order chi connectivity index (χ1) is 15.3. The fraction of sp³-hybridized carbons (Fsp3) is 0.440. The Balaban J connectivity index is 1.49. The van der Waals surface area contributed by atoms with Crippen LogP contribution in [-0.4, -0.2) is 43.1 Å². The maximum Gasteiger partial charge on any atom is 0.161 e. The van der Waals surface area contributed by atoms with Gasteiger partial charge in [0.2, 0.25) is 0 Å². The molecule has 166 valence electrons. The van der Waals surface area contributed by atoms with Gasteiger partial charge in [-0.3, -0.25) is 14.6 Å². The summed E-state index contributed by atoms with van der Waals surface area (Å²) in [5, 5.41) is 0.432. The molecule has 1 spiro atoms. The summed E-state index contributed by atoms with van der Waals surface area (Å²) in [7, 11) is -1.38. The number of hydrogen-bond donors (Lipinski definition) is 0. The lowest BCUT2D eigenvalue weighted by molar-refractivity contribution is -0.138. The molecule has 1 saturated heterocycles. The molecule has 2 aromatic rings. The minimum atomic E-state index is -1.38. The van der Waals surface area contributed by atoms with Gasteiger partial charge in [-0.15, -0.1) is 5.92 Å². The first-order valence-electron chi connectivity index (χ1n) is 10.9. The maximum atomic E-state index is 13.3. The third-order valence-corrected chi connectivity index (χ3v) is 8.03. The van der Waals surface area contributed by atoms with Gasteiger partial charge in [-0.2, -0.15) is 0 Å². The summed E-state index contributed by atoms with van der Waals surface area (Å²) in [5.41, 5.74) is 3.31. The summed E-state index contributed by atoms with van der Waals surface area (Å²) in [6.45, 7) is 6.83. The number of nitrogens with zero attached hydrogens (tertiary/aromatic N) is 3. The molecule has 1 saturated carbocycles. The van der Waals surface area contributed by atoms with E-state index in [4.69, 9.17) is 0 Å². The standard InChI is InChI=1S/C25H27N3O3S/c1-4-5-19-12-17(2)23(18(3)13-19)24-20(29)14-25(15-21(24)30)6-10-28(11-7-25)32(31)22-16-26-8-9-27-22/h8-9,12-13,16,24H,6-7,10-11,14-15H2,1-3H3. The molecule has 2 fully saturated rings. The van der Waals surface area contributed by atoms with Crippen molar-refractivity contribution < 1.29 is 13.8 Å². The normalized spacial score (nSPS) is 20.1. The second-order valence-corrected chi connectivity index (χ2v) is 10.3. The van der Waals surface area contributed by atoms with E-state index in [-0.39, 0.29) is 17.0 Å². The molecule has 0 N–H and O–H groups in total. The van der Waals surface area contributed by atoms with E-state index in [2.05, 4.69) is 21.8 Å². The van der Waals surface area contributed by atoms with E-state index in [0.29, 0.717) is 43.8 Å². The second-order valence-electron chi connectivity index (χ2n) is 8.84. The number of piperidine rings is 1. The Morgan fingerprint density at radius 3 is 2.22 bits per heavy atom. The van der Waals surface area contributed by atoms with Crippen molar-refractivity contribution in [2.75, 3.05) is 13.1 Å². The molecule has 0 radical (unpaired) electrons. The first kappa shape index (κ1) is 22.5. The number of ketones is 2. The zero-order valence-electron chi connectivity index (χ0n) is 18.7. The Morgan fingerprint density at radius 1 is 1.06 bits per heavy atom. The predicted molar refractivity (Wildman–Crippen MR) is 122 cm³/mol. The molecule has 32 heavy (non-hydrogen) atoms. The lowest BCUT2D eigenvalue weighted by atomic mass is 9.63. The molecule has 7 heteroatoms. The topological polar surface area (TPSA) is 80.2 Å². The van der Waals surface area contributed by atoms with E-state index in [9.17, 15) is 13.8 Å². The smallest absolute Gasteiger partial charge is 0.161 e. The summed E-state index contributed by atoms with van der Waals surface area (Å²) < 4.78 is 14.6. The van der Waals surface area contributed by atoms with Crippen LogP contribution in [0.4, 0.5) is 0 Å². The van der Waals surface area contributed by atoms with Crippen molar-refractivity contribution in [3.8, 4) is 11.8 Å². The lowest BCUT2D eigenvalue weighted by Crippen LogP contribution is -2.47. The van der Waals surface area contributed by atoms with Gasteiger partial charge >= 0.3 is 0 Å². The van der Waals surface area contributed by atoms with Crippen molar-refractivity contribution in [2.24, 2.45) is 5.41 Å². The molecule has 1 atom stereocenters. The number of rotatable bonds is 3. The number of aryl methyl sites for hydroxylation is 2. The van der Waals surface area contributed by atoms with Crippen molar-refractivity contribution in [3.05, 3.63) is 53.0 Å². The van der Waals surface area contributed by atoms with Gasteiger partial charge in [0, 0.05) is 43.9 Å². The van der Waals surface area contributed by atoms with Crippen LogP contribution in [0.25, 0.3) is 0 Å². The van der Waals surface area contributed by atoms with Crippen LogP contribution in [0, 0.1) is 31.1 Å². The summed E-state index contributed by atoms with van der Waals surface area (Å²) in [6.07, 6.45) is 6.73. The number of carbonyl (C=O) groups is 2. The highest BCUT2D eigenvalue weighted by atomic mass is 32.2. The Kier molecular flexibility index (Phi) is 6.36. The maximum absolute atomic E-state index is 13.3. The van der Waals surface area contributed by atoms with Crippen molar-refractivity contribution >= 4 is 22.6 Å². The number of hydrogen-bond acceptors (Lipinski definition) is 5. The van der Waals surface area contributed by atoms with E-state index in [0.717, 1.165) is 22.3 Å². The van der Waals surface area contributed by atoms with Gasteiger partial charge < -0.3 is 0 Å². The van der Waals surface area contributed by atoms with Crippen molar-refractivity contribution in [3.63, 3.8) is 0 Å². The molecule has 1 aromatic heterocycles. The Hall–Kier alpha value is -2.69. The number of carbonyl (C=O) groups excluding carboxylic acids is 2. The van der Waals surface area contributed by atoms with Crippen molar-refractivity contribution in [1.29, 1.82) is 0 Å². The molecule has 4 rings (SSSR count). The van der Waals surface area contributed by atoms with Gasteiger partial charge in [0.05, 0.1) is 6.20 Å². The largest absolute Gasteiger partial charge is 0.299 e. The molecule has 1 unspecified atom stereocenters. The van der Waals surface area contributed by atoms with E-state index < -0.39 is 16.9 Å². The second kappa shape index (κ2) is 9.05. The van der Waals surface area contributed by atoms with Crippen LogP contribution in [0.2, 0.25) is 0 Å². The van der Waals surface area contributed by atoms with Crippen LogP contribution in [-0.2, 0) is 20.6 Å². The Labute approximate surface area is 191 Å². The Bertz CT molecular complexity index is 1100. The summed E-state index contributed by atoms with van der Waals surface area (Å²) in [6, 6.07) is 3.92. The van der Waals surface area contributed by atoms with E-state index >= 15 is 0 Å². The summed E-state index contributed by atoms with van der Waals surface area (Å²) >= 11 is 0. The monoisotopic (exact) mass is 449 g/mol. The molecule has 0 bridgehead atoms. The predicted octanol–water partition coefficient (Wildman–Crippen LogP) is 3.29. The number of benzene rings is 1. The molecular formula is C25H27N3O3S. The van der Waals surface area contributed by atoms with E-state index in [1.807, 2.05) is 30.3 Å². The molecule has 1 aliphatic carbocycles. The van der Waals surface area contributed by atoms with Crippen LogP contribution in [0.15, 0.2) is 35.7 Å². The molecular weight excluding hydrogens is 422 g/mol. The van der Waals surface area contributed by atoms with Gasteiger partial charge in [0.15, 0.2) is 5.03 Å². The van der Waals surface area contributed by atoms with E-state index in [1.165, 1.54) is 12.4 Å².